The average Bonchev–Trinajstić information content (AvgIpc) is 2.34. The first-order valence-corrected chi connectivity index (χ1v) is 6.12. The first kappa shape index (κ1) is 17.1. The van der Waals surface area contributed by atoms with Crippen molar-refractivity contribution in [2.24, 2.45) is 5.73 Å². The highest BCUT2D eigenvalue weighted by molar-refractivity contribution is 5.85. The highest BCUT2D eigenvalue weighted by atomic mass is 35.5. The predicted octanol–water partition coefficient (Wildman–Crippen LogP) is 3.62. The van der Waals surface area contributed by atoms with Crippen molar-refractivity contribution < 1.29 is 9.47 Å². The molecule has 0 aliphatic heterocycles. The number of hydrogen-bond acceptors (Lipinski definition) is 3. The molecule has 0 aromatic heterocycles. The van der Waals surface area contributed by atoms with Crippen LogP contribution in [-0.4, -0.2) is 14.2 Å². The number of rotatable bonds is 6. The van der Waals surface area contributed by atoms with E-state index in [-0.39, 0.29) is 18.4 Å². The van der Waals surface area contributed by atoms with Gasteiger partial charge in [-0.3, -0.25) is 0 Å². The fourth-order valence-electron chi connectivity index (χ4n) is 2.00. The lowest BCUT2D eigenvalue weighted by Crippen LogP contribution is -2.13. The van der Waals surface area contributed by atoms with Gasteiger partial charge in [0.15, 0.2) is 0 Å². The van der Waals surface area contributed by atoms with E-state index >= 15 is 0 Å². The van der Waals surface area contributed by atoms with Gasteiger partial charge in [-0.1, -0.05) is 19.8 Å². The Morgan fingerprint density at radius 1 is 1.17 bits per heavy atom. The van der Waals surface area contributed by atoms with Crippen LogP contribution in [0.25, 0.3) is 0 Å². The summed E-state index contributed by atoms with van der Waals surface area (Å²) in [6, 6.07) is 3.98. The standard InChI is InChI=1S/C14H23NO2.ClH/c1-5-6-7-11(15)14-12(16-3)8-10(2)9-13(14)17-4;/h8-9,11H,5-7,15H2,1-4H3;1H/t11-;/m1./s1. The van der Waals surface area contributed by atoms with Gasteiger partial charge in [0.2, 0.25) is 0 Å². The Balaban J connectivity index is 0.00000289. The summed E-state index contributed by atoms with van der Waals surface area (Å²) in [6.07, 6.45) is 3.21. The van der Waals surface area contributed by atoms with E-state index in [4.69, 9.17) is 15.2 Å². The predicted molar refractivity (Wildman–Crippen MR) is 78.0 cm³/mol. The van der Waals surface area contributed by atoms with E-state index in [1.165, 1.54) is 0 Å². The highest BCUT2D eigenvalue weighted by Gasteiger charge is 2.17. The summed E-state index contributed by atoms with van der Waals surface area (Å²) in [5.74, 6) is 1.65. The topological polar surface area (TPSA) is 44.5 Å². The lowest BCUT2D eigenvalue weighted by Gasteiger charge is -2.19. The third-order valence-electron chi connectivity index (χ3n) is 2.93. The van der Waals surface area contributed by atoms with Crippen molar-refractivity contribution in [3.63, 3.8) is 0 Å². The van der Waals surface area contributed by atoms with Gasteiger partial charge in [-0.15, -0.1) is 12.4 Å². The zero-order chi connectivity index (χ0) is 12.8. The average molecular weight is 274 g/mol. The Kier molecular flexibility index (Phi) is 7.80. The molecule has 1 aromatic carbocycles. The van der Waals surface area contributed by atoms with Gasteiger partial charge in [-0.05, 0) is 31.0 Å². The molecule has 18 heavy (non-hydrogen) atoms. The van der Waals surface area contributed by atoms with Crippen LogP contribution in [-0.2, 0) is 0 Å². The molecule has 104 valence electrons. The van der Waals surface area contributed by atoms with Crippen LogP contribution in [0.2, 0.25) is 0 Å². The number of nitrogens with two attached hydrogens (primary N) is 1. The zero-order valence-corrected chi connectivity index (χ0v) is 12.5. The first-order valence-electron chi connectivity index (χ1n) is 6.12. The minimum atomic E-state index is -0.0274. The van der Waals surface area contributed by atoms with Crippen molar-refractivity contribution in [3.05, 3.63) is 23.3 Å². The molecule has 1 atom stereocenters. The molecule has 0 fully saturated rings. The minimum absolute atomic E-state index is 0. The van der Waals surface area contributed by atoms with Crippen LogP contribution >= 0.6 is 12.4 Å². The number of aryl methyl sites for hydroxylation is 1. The van der Waals surface area contributed by atoms with Crippen molar-refractivity contribution in [3.8, 4) is 11.5 Å². The molecule has 0 amide bonds. The summed E-state index contributed by atoms with van der Waals surface area (Å²) in [4.78, 5) is 0. The van der Waals surface area contributed by atoms with E-state index in [2.05, 4.69) is 6.92 Å². The van der Waals surface area contributed by atoms with Crippen LogP contribution in [0.3, 0.4) is 0 Å². The molecular weight excluding hydrogens is 250 g/mol. The number of methoxy groups -OCH3 is 2. The maximum atomic E-state index is 6.22. The molecule has 4 heteroatoms. The summed E-state index contributed by atoms with van der Waals surface area (Å²) in [6.45, 7) is 4.18. The van der Waals surface area contributed by atoms with Crippen LogP contribution < -0.4 is 15.2 Å². The molecule has 0 spiro atoms. The van der Waals surface area contributed by atoms with E-state index in [1.54, 1.807) is 14.2 Å². The Hall–Kier alpha value is -0.930. The first-order chi connectivity index (χ1) is 8.13. The second-order valence-corrected chi connectivity index (χ2v) is 4.33. The molecule has 0 aliphatic rings. The van der Waals surface area contributed by atoms with Gasteiger partial charge in [-0.2, -0.15) is 0 Å². The molecule has 0 unspecified atom stereocenters. The Labute approximate surface area is 116 Å². The summed E-state index contributed by atoms with van der Waals surface area (Å²) in [7, 11) is 3.34. The van der Waals surface area contributed by atoms with Crippen molar-refractivity contribution >= 4 is 12.4 Å². The fourth-order valence-corrected chi connectivity index (χ4v) is 2.00. The third kappa shape index (κ3) is 4.07. The number of unbranched alkanes of at least 4 members (excludes halogenated alkanes) is 1. The van der Waals surface area contributed by atoms with Gasteiger partial charge in [0, 0.05) is 6.04 Å². The smallest absolute Gasteiger partial charge is 0.127 e. The molecule has 0 bridgehead atoms. The van der Waals surface area contributed by atoms with Crippen molar-refractivity contribution in [2.45, 2.75) is 39.2 Å². The normalized spacial score (nSPS) is 11.6. The number of hydrogen-bond donors (Lipinski definition) is 1. The maximum Gasteiger partial charge on any atom is 0.127 e. The fraction of sp³-hybridized carbons (Fsp3) is 0.571. The van der Waals surface area contributed by atoms with E-state index in [1.807, 2.05) is 19.1 Å². The molecule has 0 aliphatic carbocycles. The van der Waals surface area contributed by atoms with Crippen LogP contribution in [0.5, 0.6) is 11.5 Å². The lowest BCUT2D eigenvalue weighted by atomic mass is 9.98. The SMILES string of the molecule is CCCC[C@@H](N)c1c(OC)cc(C)cc1OC.Cl. The molecule has 1 rings (SSSR count). The summed E-state index contributed by atoms with van der Waals surface area (Å²) >= 11 is 0. The Bertz CT molecular complexity index is 344. The Morgan fingerprint density at radius 3 is 2.06 bits per heavy atom. The van der Waals surface area contributed by atoms with Crippen molar-refractivity contribution in [1.82, 2.24) is 0 Å². The second kappa shape index (κ2) is 8.22. The number of ether oxygens (including phenoxy) is 2. The van der Waals surface area contributed by atoms with Crippen LogP contribution in [0.4, 0.5) is 0 Å². The van der Waals surface area contributed by atoms with Crippen LogP contribution in [0.15, 0.2) is 12.1 Å². The molecule has 0 heterocycles. The van der Waals surface area contributed by atoms with Crippen LogP contribution in [0.1, 0.15) is 43.4 Å². The zero-order valence-electron chi connectivity index (χ0n) is 11.7. The van der Waals surface area contributed by atoms with Crippen molar-refractivity contribution in [2.75, 3.05) is 14.2 Å². The molecule has 0 radical (unpaired) electrons. The Morgan fingerprint density at radius 2 is 1.67 bits per heavy atom. The van der Waals surface area contributed by atoms with E-state index < -0.39 is 0 Å². The summed E-state index contributed by atoms with van der Waals surface area (Å²) in [5.41, 5.74) is 8.32. The number of halogens is 1. The number of benzene rings is 1. The largest absolute Gasteiger partial charge is 0.496 e. The maximum absolute atomic E-state index is 6.22. The molecular formula is C14H24ClNO2. The van der Waals surface area contributed by atoms with Gasteiger partial charge < -0.3 is 15.2 Å². The quantitative estimate of drug-likeness (QED) is 0.861. The molecule has 1 aromatic rings. The minimum Gasteiger partial charge on any atom is -0.496 e. The molecule has 0 saturated carbocycles. The molecule has 3 nitrogen and oxygen atoms in total. The van der Waals surface area contributed by atoms with Gasteiger partial charge in [0.05, 0.1) is 19.8 Å². The van der Waals surface area contributed by atoms with Gasteiger partial charge in [0.1, 0.15) is 11.5 Å². The van der Waals surface area contributed by atoms with Gasteiger partial charge >= 0.3 is 0 Å². The lowest BCUT2D eigenvalue weighted by molar-refractivity contribution is 0.375. The monoisotopic (exact) mass is 273 g/mol. The second-order valence-electron chi connectivity index (χ2n) is 4.33. The van der Waals surface area contributed by atoms with E-state index in [0.717, 1.165) is 41.9 Å². The van der Waals surface area contributed by atoms with E-state index in [0.29, 0.717) is 0 Å². The molecule has 2 N–H and O–H groups in total. The molecule has 0 saturated heterocycles. The van der Waals surface area contributed by atoms with E-state index in [9.17, 15) is 0 Å². The van der Waals surface area contributed by atoms with Gasteiger partial charge in [0.25, 0.3) is 0 Å². The summed E-state index contributed by atoms with van der Waals surface area (Å²) < 4.78 is 10.8. The highest BCUT2D eigenvalue weighted by Crippen LogP contribution is 2.36. The summed E-state index contributed by atoms with van der Waals surface area (Å²) in [5, 5.41) is 0. The van der Waals surface area contributed by atoms with Gasteiger partial charge in [-0.25, -0.2) is 0 Å². The van der Waals surface area contributed by atoms with Crippen LogP contribution in [0, 0.1) is 6.92 Å². The van der Waals surface area contributed by atoms with Crippen molar-refractivity contribution in [1.29, 1.82) is 0 Å². The third-order valence-corrected chi connectivity index (χ3v) is 2.93.